The molecule has 0 radical (unpaired) electrons. The predicted octanol–water partition coefficient (Wildman–Crippen LogP) is 8.14. The fraction of sp³-hybridized carbons (Fsp3) is 0.552. The second-order valence-electron chi connectivity index (χ2n) is 11.1. The van der Waals surface area contributed by atoms with Gasteiger partial charge in [-0.05, 0) is 36.8 Å². The minimum absolute atomic E-state index is 0.0562. The number of hydrogen-bond acceptors (Lipinski definition) is 5. The van der Waals surface area contributed by atoms with Crippen LogP contribution in [0.15, 0.2) is 24.3 Å². The maximum absolute atomic E-state index is 14.3. The summed E-state index contributed by atoms with van der Waals surface area (Å²) in [4.78, 5) is 14.3. The van der Waals surface area contributed by atoms with E-state index in [0.717, 1.165) is 49.9 Å². The number of halogens is 6. The lowest BCUT2D eigenvalue weighted by Crippen LogP contribution is -2.25. The quantitative estimate of drug-likeness (QED) is 0.239. The summed E-state index contributed by atoms with van der Waals surface area (Å²) in [5.41, 5.74) is -4.11. The van der Waals surface area contributed by atoms with Gasteiger partial charge in [-0.2, -0.15) is 26.3 Å². The van der Waals surface area contributed by atoms with Crippen molar-refractivity contribution in [2.24, 2.45) is 11.8 Å². The molecule has 11 heteroatoms. The zero-order valence-corrected chi connectivity index (χ0v) is 21.7. The average molecular weight is 575 g/mol. The molecule has 4 rings (SSSR count). The molecule has 5 nitrogen and oxygen atoms in total. The number of ketones is 1. The van der Waals surface area contributed by atoms with Crippen LogP contribution < -0.4 is 0 Å². The molecular weight excluding hydrogens is 542 g/mol. The molecule has 0 spiro atoms. The number of aromatic hydroxyl groups is 4. The normalized spacial score (nSPS) is 18.8. The first-order chi connectivity index (χ1) is 18.7. The number of hydrogen-bond donors (Lipinski definition) is 4. The van der Waals surface area contributed by atoms with Crippen molar-refractivity contribution in [3.8, 4) is 23.0 Å². The van der Waals surface area contributed by atoms with Crippen LogP contribution in [-0.2, 0) is 17.1 Å². The van der Waals surface area contributed by atoms with Crippen molar-refractivity contribution in [2.75, 3.05) is 0 Å². The Labute approximate surface area is 227 Å². The van der Waals surface area contributed by atoms with Crippen LogP contribution in [0, 0.1) is 11.8 Å². The standard InChI is InChI=1S/C29H32F6O5/c30-28(31,32)23-21(36)11-9-17(26(23)39)19(13-15-5-1-2-6-15)25(38)20(14-16-7-3-4-8-16)18-10-12-22(37)24(27(18)40)29(33,34)35/h9-12,15-16,19-20,36-37,39-40H,1-8,13-14H2. The Bertz CT molecular complexity index is 1130. The van der Waals surface area contributed by atoms with Crippen LogP contribution in [0.4, 0.5) is 26.3 Å². The van der Waals surface area contributed by atoms with Crippen LogP contribution in [0.3, 0.4) is 0 Å². The van der Waals surface area contributed by atoms with Gasteiger partial charge in [0.1, 0.15) is 39.9 Å². The average Bonchev–Trinajstić information content (AvgIpc) is 3.54. The Morgan fingerprint density at radius 1 is 0.650 bits per heavy atom. The molecule has 0 saturated heterocycles. The minimum atomic E-state index is -5.13. The molecule has 2 aliphatic carbocycles. The summed E-state index contributed by atoms with van der Waals surface area (Å²) in [6, 6.07) is 3.58. The van der Waals surface area contributed by atoms with Crippen molar-refractivity contribution in [3.05, 3.63) is 46.5 Å². The monoisotopic (exact) mass is 574 g/mol. The van der Waals surface area contributed by atoms with Crippen molar-refractivity contribution in [1.29, 1.82) is 0 Å². The second kappa shape index (κ2) is 11.4. The first kappa shape index (κ1) is 29.9. The van der Waals surface area contributed by atoms with Gasteiger partial charge in [-0.25, -0.2) is 0 Å². The number of Topliss-reactive ketones (excluding diaryl/α,β-unsaturated/α-hetero) is 1. The first-order valence-electron chi connectivity index (χ1n) is 13.5. The summed E-state index contributed by atoms with van der Waals surface area (Å²) in [6.45, 7) is 0. The van der Waals surface area contributed by atoms with Crippen molar-refractivity contribution in [3.63, 3.8) is 0 Å². The van der Waals surface area contributed by atoms with Gasteiger partial charge in [0.25, 0.3) is 0 Å². The van der Waals surface area contributed by atoms with Crippen molar-refractivity contribution in [2.45, 2.75) is 88.4 Å². The molecule has 0 aromatic heterocycles. The van der Waals surface area contributed by atoms with E-state index in [1.165, 1.54) is 0 Å². The molecule has 2 unspecified atom stereocenters. The Kier molecular flexibility index (Phi) is 8.52. The van der Waals surface area contributed by atoms with E-state index < -0.39 is 64.1 Å². The van der Waals surface area contributed by atoms with E-state index >= 15 is 0 Å². The van der Waals surface area contributed by atoms with E-state index in [-0.39, 0.29) is 35.8 Å². The molecule has 2 aliphatic rings. The molecule has 220 valence electrons. The van der Waals surface area contributed by atoms with Gasteiger partial charge in [0.2, 0.25) is 0 Å². The van der Waals surface area contributed by atoms with E-state index in [1.54, 1.807) is 0 Å². The topological polar surface area (TPSA) is 98.0 Å². The predicted molar refractivity (Wildman–Crippen MR) is 133 cm³/mol. The highest BCUT2D eigenvalue weighted by atomic mass is 19.4. The van der Waals surface area contributed by atoms with Crippen LogP contribution in [0.5, 0.6) is 23.0 Å². The first-order valence-corrected chi connectivity index (χ1v) is 13.5. The fourth-order valence-corrected chi connectivity index (χ4v) is 6.51. The van der Waals surface area contributed by atoms with Gasteiger partial charge in [0.15, 0.2) is 0 Å². The lowest BCUT2D eigenvalue weighted by molar-refractivity contribution is -0.141. The number of carbonyl (C=O) groups is 1. The summed E-state index contributed by atoms with van der Waals surface area (Å²) in [5.74, 6) is -8.54. The number of carbonyl (C=O) groups excluding carboxylic acids is 1. The van der Waals surface area contributed by atoms with Crippen molar-refractivity contribution in [1.82, 2.24) is 0 Å². The molecule has 0 aliphatic heterocycles. The minimum Gasteiger partial charge on any atom is -0.507 e. The third-order valence-electron chi connectivity index (χ3n) is 8.47. The van der Waals surface area contributed by atoms with E-state index in [1.807, 2.05) is 0 Å². The number of rotatable bonds is 8. The van der Waals surface area contributed by atoms with Gasteiger partial charge in [-0.15, -0.1) is 0 Å². The molecule has 0 heterocycles. The smallest absolute Gasteiger partial charge is 0.423 e. The maximum atomic E-state index is 14.3. The fourth-order valence-electron chi connectivity index (χ4n) is 6.51. The highest BCUT2D eigenvalue weighted by molar-refractivity contribution is 5.93. The molecule has 2 aromatic carbocycles. The van der Waals surface area contributed by atoms with Crippen molar-refractivity contribution < 1.29 is 51.6 Å². The zero-order valence-electron chi connectivity index (χ0n) is 21.7. The Morgan fingerprint density at radius 2 is 0.975 bits per heavy atom. The van der Waals surface area contributed by atoms with E-state index in [9.17, 15) is 51.6 Å². The molecule has 2 atom stereocenters. The zero-order chi connectivity index (χ0) is 29.4. The molecule has 40 heavy (non-hydrogen) atoms. The number of phenolic OH excluding ortho intramolecular Hbond substituents is 4. The van der Waals surface area contributed by atoms with Crippen LogP contribution in [0.1, 0.15) is 98.3 Å². The Hall–Kier alpha value is -3.11. The lowest BCUT2D eigenvalue weighted by Gasteiger charge is -2.29. The highest BCUT2D eigenvalue weighted by Crippen LogP contribution is 2.51. The number of phenols is 4. The van der Waals surface area contributed by atoms with E-state index in [4.69, 9.17) is 0 Å². The largest absolute Gasteiger partial charge is 0.507 e. The number of benzene rings is 2. The maximum Gasteiger partial charge on any atom is 0.423 e. The van der Waals surface area contributed by atoms with Gasteiger partial charge < -0.3 is 20.4 Å². The molecule has 2 aromatic rings. The molecule has 0 bridgehead atoms. The Morgan fingerprint density at radius 3 is 1.27 bits per heavy atom. The van der Waals surface area contributed by atoms with Crippen LogP contribution >= 0.6 is 0 Å². The van der Waals surface area contributed by atoms with Crippen molar-refractivity contribution >= 4 is 5.78 Å². The second-order valence-corrected chi connectivity index (χ2v) is 11.1. The van der Waals surface area contributed by atoms with Crippen LogP contribution in [0.25, 0.3) is 0 Å². The van der Waals surface area contributed by atoms with Gasteiger partial charge in [0.05, 0.1) is 0 Å². The Balaban J connectivity index is 1.86. The van der Waals surface area contributed by atoms with Crippen LogP contribution in [-0.4, -0.2) is 26.2 Å². The summed E-state index contributed by atoms with van der Waals surface area (Å²) < 4.78 is 82.4. The summed E-state index contributed by atoms with van der Waals surface area (Å²) in [7, 11) is 0. The summed E-state index contributed by atoms with van der Waals surface area (Å²) in [6.07, 6.45) is -3.97. The van der Waals surface area contributed by atoms with Gasteiger partial charge >= 0.3 is 12.4 Å². The molecule has 0 amide bonds. The van der Waals surface area contributed by atoms with E-state index in [2.05, 4.69) is 0 Å². The molecule has 4 N–H and O–H groups in total. The molecule has 2 saturated carbocycles. The van der Waals surface area contributed by atoms with Gasteiger partial charge in [-0.3, -0.25) is 4.79 Å². The van der Waals surface area contributed by atoms with Gasteiger partial charge in [-0.1, -0.05) is 63.5 Å². The lowest BCUT2D eigenvalue weighted by atomic mass is 9.74. The molecule has 2 fully saturated rings. The number of alkyl halides is 6. The third kappa shape index (κ3) is 6.12. The highest BCUT2D eigenvalue weighted by Gasteiger charge is 2.44. The van der Waals surface area contributed by atoms with E-state index in [0.29, 0.717) is 25.7 Å². The van der Waals surface area contributed by atoms with Gasteiger partial charge in [0, 0.05) is 23.0 Å². The van der Waals surface area contributed by atoms with Crippen LogP contribution in [0.2, 0.25) is 0 Å². The summed E-state index contributed by atoms with van der Waals surface area (Å²) >= 11 is 0. The SMILES string of the molecule is O=C(C(CC1CCCC1)c1ccc(O)c(C(F)(F)F)c1O)C(CC1CCCC1)c1ccc(O)c(C(F)(F)F)c1O. The molecular formula is C29H32F6O5. The third-order valence-corrected chi connectivity index (χ3v) is 8.47. The summed E-state index contributed by atoms with van der Waals surface area (Å²) in [5, 5.41) is 41.2.